The number of hydrazine groups is 1. The normalized spacial score (nSPS) is 17.6. The lowest BCUT2D eigenvalue weighted by molar-refractivity contribution is 0.0630. The minimum atomic E-state index is 0.0850. The van der Waals surface area contributed by atoms with Crippen molar-refractivity contribution < 1.29 is 4.79 Å². The number of pyridine rings is 1. The van der Waals surface area contributed by atoms with E-state index in [-0.39, 0.29) is 5.91 Å². The van der Waals surface area contributed by atoms with E-state index in [0.717, 1.165) is 44.5 Å². The SMILES string of the molecule is CCCc1cc(C(=O)N2CCC(C)(C)CC2)cc(NN)n1. The number of anilines is 1. The summed E-state index contributed by atoms with van der Waals surface area (Å²) in [7, 11) is 0. The number of aromatic nitrogens is 1. The number of carbonyl (C=O) groups excluding carboxylic acids is 1. The summed E-state index contributed by atoms with van der Waals surface area (Å²) < 4.78 is 0. The molecule has 2 heterocycles. The third-order valence-corrected chi connectivity index (χ3v) is 4.18. The smallest absolute Gasteiger partial charge is 0.254 e. The number of nitrogens with one attached hydrogen (secondary N) is 1. The van der Waals surface area contributed by atoms with Crippen LogP contribution in [0.5, 0.6) is 0 Å². The van der Waals surface area contributed by atoms with Crippen LogP contribution in [0, 0.1) is 5.41 Å². The van der Waals surface area contributed by atoms with Gasteiger partial charge in [-0.3, -0.25) is 4.79 Å². The van der Waals surface area contributed by atoms with Crippen molar-refractivity contribution in [2.45, 2.75) is 46.5 Å². The molecular formula is C16H26N4O. The maximum absolute atomic E-state index is 12.7. The highest BCUT2D eigenvalue weighted by Crippen LogP contribution is 2.30. The van der Waals surface area contributed by atoms with Crippen molar-refractivity contribution in [2.24, 2.45) is 11.3 Å². The van der Waals surface area contributed by atoms with Crippen molar-refractivity contribution in [2.75, 3.05) is 18.5 Å². The molecule has 0 atom stereocenters. The zero-order valence-corrected chi connectivity index (χ0v) is 13.3. The van der Waals surface area contributed by atoms with Crippen molar-refractivity contribution in [1.82, 2.24) is 9.88 Å². The predicted molar refractivity (Wildman–Crippen MR) is 85.0 cm³/mol. The van der Waals surface area contributed by atoms with Crippen LogP contribution in [0.1, 0.15) is 56.1 Å². The Morgan fingerprint density at radius 1 is 1.38 bits per heavy atom. The van der Waals surface area contributed by atoms with Gasteiger partial charge in [0.1, 0.15) is 5.82 Å². The van der Waals surface area contributed by atoms with Gasteiger partial charge in [0.2, 0.25) is 0 Å². The first kappa shape index (κ1) is 15.8. The molecule has 1 aromatic rings. The van der Waals surface area contributed by atoms with Crippen LogP contribution in [-0.2, 0) is 6.42 Å². The first-order valence-electron chi connectivity index (χ1n) is 7.72. The Balaban J connectivity index is 2.16. The molecule has 0 bridgehead atoms. The zero-order chi connectivity index (χ0) is 15.5. The predicted octanol–water partition coefficient (Wildman–Crippen LogP) is 2.58. The Labute approximate surface area is 126 Å². The Kier molecular flexibility index (Phi) is 4.83. The molecule has 5 heteroatoms. The number of nitrogens with zero attached hydrogens (tertiary/aromatic N) is 2. The summed E-state index contributed by atoms with van der Waals surface area (Å²) in [5, 5.41) is 0. The molecule has 1 aliphatic rings. The first-order chi connectivity index (χ1) is 9.95. The van der Waals surface area contributed by atoms with Crippen LogP contribution in [-0.4, -0.2) is 28.9 Å². The van der Waals surface area contributed by atoms with Gasteiger partial charge in [-0.2, -0.15) is 0 Å². The van der Waals surface area contributed by atoms with E-state index in [0.29, 0.717) is 16.8 Å². The average molecular weight is 290 g/mol. The lowest BCUT2D eigenvalue weighted by atomic mass is 9.82. The molecular weight excluding hydrogens is 264 g/mol. The third kappa shape index (κ3) is 3.94. The second-order valence-corrected chi connectivity index (χ2v) is 6.58. The number of likely N-dealkylation sites (tertiary alicyclic amines) is 1. The molecule has 3 N–H and O–H groups in total. The maximum atomic E-state index is 12.7. The summed E-state index contributed by atoms with van der Waals surface area (Å²) in [6.07, 6.45) is 3.94. The van der Waals surface area contributed by atoms with E-state index in [4.69, 9.17) is 5.84 Å². The number of aryl methyl sites for hydroxylation is 1. The van der Waals surface area contributed by atoms with E-state index in [1.807, 2.05) is 11.0 Å². The molecule has 1 amide bonds. The molecule has 1 fully saturated rings. The Morgan fingerprint density at radius 3 is 2.62 bits per heavy atom. The van der Waals surface area contributed by atoms with Gasteiger partial charge in [-0.25, -0.2) is 10.8 Å². The van der Waals surface area contributed by atoms with Gasteiger partial charge in [0.15, 0.2) is 0 Å². The molecule has 5 nitrogen and oxygen atoms in total. The molecule has 0 aromatic carbocycles. The van der Waals surface area contributed by atoms with E-state index in [2.05, 4.69) is 31.2 Å². The van der Waals surface area contributed by atoms with E-state index < -0.39 is 0 Å². The summed E-state index contributed by atoms with van der Waals surface area (Å²) >= 11 is 0. The Bertz CT molecular complexity index is 503. The summed E-state index contributed by atoms with van der Waals surface area (Å²) in [5.74, 6) is 6.10. The zero-order valence-electron chi connectivity index (χ0n) is 13.3. The molecule has 1 aliphatic heterocycles. The van der Waals surface area contributed by atoms with Gasteiger partial charge < -0.3 is 10.3 Å². The second kappa shape index (κ2) is 6.43. The molecule has 116 valence electrons. The summed E-state index contributed by atoms with van der Waals surface area (Å²) in [5.41, 5.74) is 4.49. The largest absolute Gasteiger partial charge is 0.339 e. The Hall–Kier alpha value is -1.62. The van der Waals surface area contributed by atoms with E-state index >= 15 is 0 Å². The van der Waals surface area contributed by atoms with Crippen molar-refractivity contribution in [1.29, 1.82) is 0 Å². The Morgan fingerprint density at radius 2 is 2.05 bits per heavy atom. The van der Waals surface area contributed by atoms with E-state index in [9.17, 15) is 4.79 Å². The number of carbonyl (C=O) groups is 1. The number of nitrogens with two attached hydrogens (primary N) is 1. The highest BCUT2D eigenvalue weighted by Gasteiger charge is 2.28. The molecule has 0 saturated carbocycles. The first-order valence-corrected chi connectivity index (χ1v) is 7.72. The molecule has 0 radical (unpaired) electrons. The second-order valence-electron chi connectivity index (χ2n) is 6.58. The monoisotopic (exact) mass is 290 g/mol. The lowest BCUT2D eigenvalue weighted by Gasteiger charge is -2.37. The van der Waals surface area contributed by atoms with Gasteiger partial charge in [0.25, 0.3) is 5.91 Å². The minimum Gasteiger partial charge on any atom is -0.339 e. The summed E-state index contributed by atoms with van der Waals surface area (Å²) in [6, 6.07) is 3.63. The van der Waals surface area contributed by atoms with Gasteiger partial charge in [-0.1, -0.05) is 27.2 Å². The number of piperidine rings is 1. The van der Waals surface area contributed by atoms with Crippen LogP contribution in [0.4, 0.5) is 5.82 Å². The number of hydrogen-bond acceptors (Lipinski definition) is 4. The van der Waals surface area contributed by atoms with Gasteiger partial charge in [0.05, 0.1) is 0 Å². The fourth-order valence-electron chi connectivity index (χ4n) is 2.67. The molecule has 0 spiro atoms. The molecule has 1 aromatic heterocycles. The van der Waals surface area contributed by atoms with E-state index in [1.54, 1.807) is 6.07 Å². The van der Waals surface area contributed by atoms with Crippen LogP contribution in [0.2, 0.25) is 0 Å². The van der Waals surface area contributed by atoms with Crippen LogP contribution in [0.15, 0.2) is 12.1 Å². The van der Waals surface area contributed by atoms with Crippen molar-refractivity contribution >= 4 is 11.7 Å². The minimum absolute atomic E-state index is 0.0850. The number of hydrogen-bond donors (Lipinski definition) is 2. The maximum Gasteiger partial charge on any atom is 0.254 e. The van der Waals surface area contributed by atoms with Crippen LogP contribution in [0.25, 0.3) is 0 Å². The number of nitrogen functional groups attached to an aromatic ring is 1. The van der Waals surface area contributed by atoms with Gasteiger partial charge in [0, 0.05) is 24.3 Å². The highest BCUT2D eigenvalue weighted by molar-refractivity contribution is 5.95. The number of rotatable bonds is 4. The third-order valence-electron chi connectivity index (χ3n) is 4.18. The van der Waals surface area contributed by atoms with Gasteiger partial charge in [-0.05, 0) is 36.8 Å². The van der Waals surface area contributed by atoms with Crippen molar-refractivity contribution in [3.8, 4) is 0 Å². The topological polar surface area (TPSA) is 71.2 Å². The highest BCUT2D eigenvalue weighted by atomic mass is 16.2. The lowest BCUT2D eigenvalue weighted by Crippen LogP contribution is -2.41. The standard InChI is InChI=1S/C16H26N4O/c1-4-5-13-10-12(11-14(18-13)19-17)15(21)20-8-6-16(2,3)7-9-20/h10-11H,4-9,17H2,1-3H3,(H,18,19). The average Bonchev–Trinajstić information content (AvgIpc) is 2.46. The molecule has 0 unspecified atom stereocenters. The molecule has 1 saturated heterocycles. The fourth-order valence-corrected chi connectivity index (χ4v) is 2.67. The van der Waals surface area contributed by atoms with Gasteiger partial charge in [-0.15, -0.1) is 0 Å². The quantitative estimate of drug-likeness (QED) is 0.660. The van der Waals surface area contributed by atoms with Crippen LogP contribution >= 0.6 is 0 Å². The molecule has 21 heavy (non-hydrogen) atoms. The van der Waals surface area contributed by atoms with Crippen molar-refractivity contribution in [3.63, 3.8) is 0 Å². The van der Waals surface area contributed by atoms with Crippen LogP contribution in [0.3, 0.4) is 0 Å². The van der Waals surface area contributed by atoms with Crippen molar-refractivity contribution in [3.05, 3.63) is 23.4 Å². The fraction of sp³-hybridized carbons (Fsp3) is 0.625. The molecule has 2 rings (SSSR count). The number of amides is 1. The van der Waals surface area contributed by atoms with Crippen LogP contribution < -0.4 is 11.3 Å². The molecule has 0 aliphatic carbocycles. The van der Waals surface area contributed by atoms with Gasteiger partial charge >= 0.3 is 0 Å². The summed E-state index contributed by atoms with van der Waals surface area (Å²) in [4.78, 5) is 19.0. The summed E-state index contributed by atoms with van der Waals surface area (Å²) in [6.45, 7) is 8.26. The van der Waals surface area contributed by atoms with E-state index in [1.165, 1.54) is 0 Å².